The van der Waals surface area contributed by atoms with Gasteiger partial charge in [0, 0.05) is 29.3 Å². The van der Waals surface area contributed by atoms with Gasteiger partial charge in [0.15, 0.2) is 23.3 Å². The maximum Gasteiger partial charge on any atom is 0.274 e. The van der Waals surface area contributed by atoms with Gasteiger partial charge in [-0.2, -0.15) is 5.10 Å². The number of aryl methyl sites for hydroxylation is 2. The first-order valence-corrected chi connectivity index (χ1v) is 12.4. The minimum atomic E-state index is -1.26. The third-order valence-electron chi connectivity index (χ3n) is 6.58. The van der Waals surface area contributed by atoms with E-state index < -0.39 is 23.7 Å². The minimum absolute atomic E-state index is 0.127. The van der Waals surface area contributed by atoms with E-state index in [0.717, 1.165) is 5.56 Å². The van der Waals surface area contributed by atoms with Crippen LogP contribution in [0.2, 0.25) is 0 Å². The maximum absolute atomic E-state index is 14.9. The molecule has 9 heteroatoms. The van der Waals surface area contributed by atoms with E-state index in [4.69, 9.17) is 0 Å². The number of aliphatic imine (C=N–C) groups is 1. The van der Waals surface area contributed by atoms with Crippen molar-refractivity contribution in [3.8, 4) is 11.4 Å². The molecule has 3 aromatic heterocycles. The Bertz CT molecular complexity index is 1780. The van der Waals surface area contributed by atoms with Gasteiger partial charge in [0.1, 0.15) is 11.5 Å². The molecule has 8 nitrogen and oxygen atoms in total. The Balaban J connectivity index is 1.46. The van der Waals surface area contributed by atoms with Crippen LogP contribution in [0, 0.1) is 19.7 Å². The Morgan fingerprint density at radius 1 is 1.00 bits per heavy atom. The largest absolute Gasteiger partial charge is 0.323 e. The first kappa shape index (κ1) is 24.3. The SMILES string of the molecule is Cc1ccc(-c2nc3ccc(C)nn3c2C(=O)N[C@H]2N=C(c3ccccc3)c3cccc(F)c3CC2=O)nc1. The molecule has 0 saturated carbocycles. The zero-order valence-corrected chi connectivity index (χ0v) is 21.2. The number of amides is 1. The third kappa shape index (κ3) is 4.48. The van der Waals surface area contributed by atoms with E-state index in [2.05, 4.69) is 25.4 Å². The van der Waals surface area contributed by atoms with E-state index >= 15 is 0 Å². The lowest BCUT2D eigenvalue weighted by Crippen LogP contribution is -2.41. The van der Waals surface area contributed by atoms with Crippen LogP contribution in [0.5, 0.6) is 0 Å². The molecule has 192 valence electrons. The molecule has 1 atom stereocenters. The van der Waals surface area contributed by atoms with E-state index in [9.17, 15) is 14.0 Å². The third-order valence-corrected chi connectivity index (χ3v) is 6.58. The number of nitrogens with zero attached hydrogens (tertiary/aromatic N) is 5. The van der Waals surface area contributed by atoms with Crippen LogP contribution < -0.4 is 5.32 Å². The Hall–Kier alpha value is -5.05. The van der Waals surface area contributed by atoms with E-state index in [0.29, 0.717) is 39.6 Å². The Morgan fingerprint density at radius 3 is 2.59 bits per heavy atom. The second kappa shape index (κ2) is 9.68. The van der Waals surface area contributed by atoms with Gasteiger partial charge in [0.2, 0.25) is 0 Å². The maximum atomic E-state index is 14.9. The molecular formula is C30H23FN6O2. The Morgan fingerprint density at radius 2 is 1.82 bits per heavy atom. The summed E-state index contributed by atoms with van der Waals surface area (Å²) in [5, 5.41) is 7.26. The summed E-state index contributed by atoms with van der Waals surface area (Å²) in [5.41, 5.74) is 4.93. The number of aromatic nitrogens is 4. The summed E-state index contributed by atoms with van der Waals surface area (Å²) in [7, 11) is 0. The van der Waals surface area contributed by atoms with Crippen LogP contribution in [0.3, 0.4) is 0 Å². The summed E-state index contributed by atoms with van der Waals surface area (Å²) >= 11 is 0. The van der Waals surface area contributed by atoms with Crippen LogP contribution in [0.25, 0.3) is 17.0 Å². The molecule has 4 heterocycles. The molecule has 0 spiro atoms. The number of ketones is 1. The summed E-state index contributed by atoms with van der Waals surface area (Å²) in [6.07, 6.45) is 0.217. The molecule has 0 radical (unpaired) electrons. The molecule has 1 aliphatic rings. The number of hydrogen-bond donors (Lipinski definition) is 1. The van der Waals surface area contributed by atoms with E-state index in [1.54, 1.807) is 36.5 Å². The fourth-order valence-electron chi connectivity index (χ4n) is 4.65. The molecule has 0 fully saturated rings. The molecule has 39 heavy (non-hydrogen) atoms. The molecule has 0 aliphatic carbocycles. The second-order valence-corrected chi connectivity index (χ2v) is 9.40. The zero-order valence-electron chi connectivity index (χ0n) is 21.2. The summed E-state index contributed by atoms with van der Waals surface area (Å²) in [5.74, 6) is -1.53. The lowest BCUT2D eigenvalue weighted by Gasteiger charge is -2.14. The number of pyridine rings is 1. The van der Waals surface area contributed by atoms with E-state index in [1.807, 2.05) is 50.2 Å². The van der Waals surface area contributed by atoms with Crippen molar-refractivity contribution in [3.63, 3.8) is 0 Å². The van der Waals surface area contributed by atoms with Gasteiger partial charge in [-0.1, -0.05) is 48.5 Å². The summed E-state index contributed by atoms with van der Waals surface area (Å²) in [4.78, 5) is 41.0. The number of fused-ring (bicyclic) bond motifs is 2. The fourth-order valence-corrected chi connectivity index (χ4v) is 4.65. The van der Waals surface area contributed by atoms with Crippen LogP contribution in [-0.2, 0) is 11.2 Å². The zero-order chi connectivity index (χ0) is 27.1. The van der Waals surface area contributed by atoms with Crippen molar-refractivity contribution >= 4 is 23.0 Å². The van der Waals surface area contributed by atoms with Crippen molar-refractivity contribution in [2.24, 2.45) is 4.99 Å². The van der Waals surface area contributed by atoms with E-state index in [1.165, 1.54) is 10.6 Å². The molecule has 2 aromatic carbocycles. The molecule has 1 amide bonds. The van der Waals surface area contributed by atoms with Crippen LogP contribution >= 0.6 is 0 Å². The number of nitrogens with one attached hydrogen (secondary N) is 1. The number of hydrogen-bond acceptors (Lipinski definition) is 6. The topological polar surface area (TPSA) is 102 Å². The van der Waals surface area contributed by atoms with Gasteiger partial charge in [0.05, 0.1) is 17.1 Å². The second-order valence-electron chi connectivity index (χ2n) is 9.40. The van der Waals surface area contributed by atoms with Crippen LogP contribution in [0.15, 0.2) is 84.0 Å². The number of carbonyl (C=O) groups excluding carboxylic acids is 2. The molecule has 1 N–H and O–H groups in total. The van der Waals surface area contributed by atoms with Crippen molar-refractivity contribution in [1.29, 1.82) is 0 Å². The highest BCUT2D eigenvalue weighted by Crippen LogP contribution is 2.26. The van der Waals surface area contributed by atoms with Crippen molar-refractivity contribution in [3.05, 3.63) is 118 Å². The van der Waals surface area contributed by atoms with Gasteiger partial charge in [-0.25, -0.2) is 13.9 Å². The van der Waals surface area contributed by atoms with Crippen molar-refractivity contribution in [2.75, 3.05) is 0 Å². The molecule has 0 bridgehead atoms. The smallest absolute Gasteiger partial charge is 0.274 e. The van der Waals surface area contributed by atoms with Crippen LogP contribution in [0.1, 0.15) is 38.4 Å². The summed E-state index contributed by atoms with van der Waals surface area (Å²) < 4.78 is 16.3. The van der Waals surface area contributed by atoms with Gasteiger partial charge < -0.3 is 5.32 Å². The normalized spacial score (nSPS) is 15.0. The molecular weight excluding hydrogens is 495 g/mol. The average Bonchev–Trinajstić information content (AvgIpc) is 3.24. The fraction of sp³-hybridized carbons (Fsp3) is 0.133. The van der Waals surface area contributed by atoms with Gasteiger partial charge >= 0.3 is 0 Å². The van der Waals surface area contributed by atoms with Gasteiger partial charge in [-0.15, -0.1) is 0 Å². The lowest BCUT2D eigenvalue weighted by molar-refractivity contribution is -0.120. The summed E-state index contributed by atoms with van der Waals surface area (Å²) in [6.45, 7) is 3.72. The van der Waals surface area contributed by atoms with E-state index in [-0.39, 0.29) is 17.7 Å². The predicted molar refractivity (Wildman–Crippen MR) is 144 cm³/mol. The highest BCUT2D eigenvalue weighted by atomic mass is 19.1. The number of rotatable bonds is 4. The molecule has 1 aliphatic heterocycles. The number of benzene rings is 2. The molecule has 5 aromatic rings. The minimum Gasteiger partial charge on any atom is -0.323 e. The predicted octanol–water partition coefficient (Wildman–Crippen LogP) is 4.27. The standard InChI is InChI=1S/C30H23FN6O2/c1-17-11-13-23(32-16-17)27-28(37-25(33-27)14-12-18(2)36-37)30(39)35-29-24(38)15-21-20(9-6-10-22(21)31)26(34-29)19-7-4-3-5-8-19/h3-14,16,29H,15H2,1-2H3,(H,35,39)/t29-/m1/s1. The van der Waals surface area contributed by atoms with Crippen molar-refractivity contribution < 1.29 is 14.0 Å². The highest BCUT2D eigenvalue weighted by molar-refractivity contribution is 6.16. The lowest BCUT2D eigenvalue weighted by atomic mass is 9.95. The molecule has 0 unspecified atom stereocenters. The number of Topliss-reactive ketones (excluding diaryl/α,β-unsaturated/α-hetero) is 1. The van der Waals surface area contributed by atoms with Crippen molar-refractivity contribution in [1.82, 2.24) is 24.9 Å². The molecule has 6 rings (SSSR count). The Kier molecular flexibility index (Phi) is 6.03. The summed E-state index contributed by atoms with van der Waals surface area (Å²) in [6, 6.07) is 21.1. The molecule has 0 saturated heterocycles. The van der Waals surface area contributed by atoms with Gasteiger partial charge in [0.25, 0.3) is 5.91 Å². The number of halogens is 1. The van der Waals surface area contributed by atoms with Crippen molar-refractivity contribution in [2.45, 2.75) is 26.4 Å². The number of imidazole rings is 1. The quantitative estimate of drug-likeness (QED) is 0.383. The first-order chi connectivity index (χ1) is 18.9. The number of carbonyl (C=O) groups is 2. The van der Waals surface area contributed by atoms with Crippen LogP contribution in [-0.4, -0.2) is 43.1 Å². The van der Waals surface area contributed by atoms with Gasteiger partial charge in [-0.05, 0) is 43.7 Å². The van der Waals surface area contributed by atoms with Gasteiger partial charge in [-0.3, -0.25) is 19.6 Å². The first-order valence-electron chi connectivity index (χ1n) is 12.4. The average molecular weight is 519 g/mol. The van der Waals surface area contributed by atoms with Crippen LogP contribution in [0.4, 0.5) is 4.39 Å². The highest BCUT2D eigenvalue weighted by Gasteiger charge is 2.31. The monoisotopic (exact) mass is 518 g/mol. The Labute approximate surface area is 223 Å².